The first kappa shape index (κ1) is 25.0. The molecule has 0 aromatic heterocycles. The van der Waals surface area contributed by atoms with Crippen molar-refractivity contribution in [3.8, 4) is 17.2 Å². The van der Waals surface area contributed by atoms with Crippen molar-refractivity contribution >= 4 is 35.0 Å². The fourth-order valence-electron chi connectivity index (χ4n) is 3.67. The lowest BCUT2D eigenvalue weighted by atomic mass is 10.1. The molecule has 0 bridgehead atoms. The maximum absolute atomic E-state index is 13.3. The van der Waals surface area contributed by atoms with Crippen LogP contribution in [0.2, 0.25) is 10.0 Å². The van der Waals surface area contributed by atoms with Gasteiger partial charge in [0.1, 0.15) is 0 Å². The van der Waals surface area contributed by atoms with Gasteiger partial charge in [0.15, 0.2) is 11.5 Å². The number of hydrogen-bond donors (Lipinski definition) is 0. The summed E-state index contributed by atoms with van der Waals surface area (Å²) in [5.74, 6) is 1.12. The molecule has 178 valence electrons. The molecular weight excluding hydrogens is 467 g/mol. The lowest BCUT2D eigenvalue weighted by molar-refractivity contribution is 0.0535. The molecule has 0 radical (unpaired) electrons. The third kappa shape index (κ3) is 6.03. The number of amides is 2. The minimum Gasteiger partial charge on any atom is -0.490 e. The highest BCUT2D eigenvalue weighted by Crippen LogP contribution is 2.39. The molecular formula is C24H28Cl2N2O5. The Morgan fingerprint density at radius 1 is 0.697 bits per heavy atom. The molecule has 0 spiro atoms. The molecule has 0 unspecified atom stereocenters. The van der Waals surface area contributed by atoms with E-state index in [9.17, 15) is 9.59 Å². The lowest BCUT2D eigenvalue weighted by Crippen LogP contribution is -2.50. The molecule has 0 N–H and O–H groups in total. The summed E-state index contributed by atoms with van der Waals surface area (Å²) in [5.41, 5.74) is 0.883. The van der Waals surface area contributed by atoms with E-state index in [2.05, 4.69) is 0 Å². The molecule has 2 aromatic rings. The van der Waals surface area contributed by atoms with Gasteiger partial charge < -0.3 is 24.0 Å². The van der Waals surface area contributed by atoms with Crippen LogP contribution >= 0.6 is 23.2 Å². The van der Waals surface area contributed by atoms with Crippen LogP contribution in [0.25, 0.3) is 0 Å². The predicted octanol–water partition coefficient (Wildman–Crippen LogP) is 4.79. The Morgan fingerprint density at radius 2 is 1.09 bits per heavy atom. The smallest absolute Gasteiger partial charge is 0.254 e. The second-order valence-corrected chi connectivity index (χ2v) is 8.22. The molecule has 3 rings (SSSR count). The van der Waals surface area contributed by atoms with Gasteiger partial charge in [0, 0.05) is 47.4 Å². The Hall–Kier alpha value is -2.64. The van der Waals surface area contributed by atoms with Crippen LogP contribution in [-0.2, 0) is 0 Å². The van der Waals surface area contributed by atoms with Crippen molar-refractivity contribution in [2.75, 3.05) is 46.0 Å². The summed E-state index contributed by atoms with van der Waals surface area (Å²) in [6.07, 6.45) is 0. The van der Waals surface area contributed by atoms with E-state index in [-0.39, 0.29) is 11.8 Å². The van der Waals surface area contributed by atoms with Gasteiger partial charge in [0.2, 0.25) is 5.75 Å². The van der Waals surface area contributed by atoms with Gasteiger partial charge in [-0.25, -0.2) is 0 Å². The van der Waals surface area contributed by atoms with E-state index in [4.69, 9.17) is 37.4 Å². The monoisotopic (exact) mass is 494 g/mol. The molecule has 0 atom stereocenters. The van der Waals surface area contributed by atoms with Crippen LogP contribution in [0.1, 0.15) is 41.5 Å². The Bertz CT molecular complexity index is 959. The van der Waals surface area contributed by atoms with Gasteiger partial charge in [-0.3, -0.25) is 9.59 Å². The van der Waals surface area contributed by atoms with E-state index in [0.717, 1.165) is 0 Å². The van der Waals surface area contributed by atoms with E-state index in [1.807, 2.05) is 20.8 Å². The molecule has 1 heterocycles. The number of piperazine rings is 1. The summed E-state index contributed by atoms with van der Waals surface area (Å²) in [4.78, 5) is 29.5. The summed E-state index contributed by atoms with van der Waals surface area (Å²) in [5, 5.41) is 0.815. The summed E-state index contributed by atoms with van der Waals surface area (Å²) in [6.45, 7) is 8.53. The molecule has 1 saturated heterocycles. The number of hydrogen-bond acceptors (Lipinski definition) is 5. The van der Waals surface area contributed by atoms with Crippen molar-refractivity contribution in [3.63, 3.8) is 0 Å². The zero-order valence-corrected chi connectivity index (χ0v) is 20.5. The molecule has 9 heteroatoms. The average Bonchev–Trinajstić information content (AvgIpc) is 2.80. The van der Waals surface area contributed by atoms with Gasteiger partial charge in [0.05, 0.1) is 19.8 Å². The number of ether oxygens (including phenoxy) is 3. The molecule has 1 fully saturated rings. The van der Waals surface area contributed by atoms with Crippen molar-refractivity contribution in [2.45, 2.75) is 20.8 Å². The Kier molecular flexibility index (Phi) is 8.69. The van der Waals surface area contributed by atoms with Crippen LogP contribution in [0.15, 0.2) is 30.3 Å². The number of nitrogens with zero attached hydrogens (tertiary/aromatic N) is 2. The minimum absolute atomic E-state index is 0.155. The highest BCUT2D eigenvalue weighted by Gasteiger charge is 2.27. The number of carbonyl (C=O) groups excluding carboxylic acids is 2. The largest absolute Gasteiger partial charge is 0.490 e. The molecule has 0 saturated carbocycles. The minimum atomic E-state index is -0.162. The average molecular weight is 495 g/mol. The molecule has 0 aliphatic carbocycles. The van der Waals surface area contributed by atoms with E-state index in [1.165, 1.54) is 0 Å². The van der Waals surface area contributed by atoms with Gasteiger partial charge in [-0.2, -0.15) is 0 Å². The Balaban J connectivity index is 1.75. The summed E-state index contributed by atoms with van der Waals surface area (Å²) < 4.78 is 17.2. The van der Waals surface area contributed by atoms with Crippen LogP contribution in [0.3, 0.4) is 0 Å². The van der Waals surface area contributed by atoms with Crippen LogP contribution in [0, 0.1) is 0 Å². The van der Waals surface area contributed by atoms with E-state index < -0.39 is 0 Å². The van der Waals surface area contributed by atoms with E-state index in [1.54, 1.807) is 40.1 Å². The third-order valence-electron chi connectivity index (χ3n) is 5.12. The third-order valence-corrected chi connectivity index (χ3v) is 5.56. The lowest BCUT2D eigenvalue weighted by Gasteiger charge is -2.35. The molecule has 7 nitrogen and oxygen atoms in total. The van der Waals surface area contributed by atoms with E-state index >= 15 is 0 Å². The Morgan fingerprint density at radius 3 is 1.48 bits per heavy atom. The van der Waals surface area contributed by atoms with Gasteiger partial charge in [0.25, 0.3) is 11.8 Å². The summed E-state index contributed by atoms with van der Waals surface area (Å²) in [6, 6.07) is 8.14. The van der Waals surface area contributed by atoms with Crippen molar-refractivity contribution < 1.29 is 23.8 Å². The standard InChI is InChI=1S/C24H28Cl2N2O5/c1-4-31-20-13-17(14-21(32-5-2)22(20)33-6-3)24(30)28-9-7-27(8-10-28)23(29)16-11-18(25)15-19(26)12-16/h11-15H,4-10H2,1-3H3. The maximum Gasteiger partial charge on any atom is 0.254 e. The fraction of sp³-hybridized carbons (Fsp3) is 0.417. The van der Waals surface area contributed by atoms with Crippen molar-refractivity contribution in [1.29, 1.82) is 0 Å². The molecule has 2 aromatic carbocycles. The molecule has 1 aliphatic heterocycles. The highest BCUT2D eigenvalue weighted by atomic mass is 35.5. The molecule has 2 amide bonds. The van der Waals surface area contributed by atoms with Crippen LogP contribution in [0.4, 0.5) is 0 Å². The van der Waals surface area contributed by atoms with Gasteiger partial charge in [-0.15, -0.1) is 0 Å². The zero-order chi connectivity index (χ0) is 24.0. The Labute approximate surface area is 204 Å². The second kappa shape index (κ2) is 11.5. The summed E-state index contributed by atoms with van der Waals surface area (Å²) >= 11 is 12.1. The van der Waals surface area contributed by atoms with Crippen molar-refractivity contribution in [1.82, 2.24) is 9.80 Å². The number of carbonyl (C=O) groups is 2. The van der Waals surface area contributed by atoms with Gasteiger partial charge in [-0.05, 0) is 51.1 Å². The number of rotatable bonds is 8. The number of halogens is 2. The van der Waals surface area contributed by atoms with E-state index in [0.29, 0.717) is 84.4 Å². The highest BCUT2D eigenvalue weighted by molar-refractivity contribution is 6.35. The number of benzene rings is 2. The van der Waals surface area contributed by atoms with Gasteiger partial charge >= 0.3 is 0 Å². The van der Waals surface area contributed by atoms with Crippen LogP contribution in [0.5, 0.6) is 17.2 Å². The molecule has 1 aliphatic rings. The first-order valence-corrected chi connectivity index (χ1v) is 11.7. The van der Waals surface area contributed by atoms with Crippen LogP contribution in [-0.4, -0.2) is 67.6 Å². The van der Waals surface area contributed by atoms with Crippen molar-refractivity contribution in [2.24, 2.45) is 0 Å². The SMILES string of the molecule is CCOc1cc(C(=O)N2CCN(C(=O)c3cc(Cl)cc(Cl)c3)CC2)cc(OCC)c1OCC. The zero-order valence-electron chi connectivity index (χ0n) is 19.0. The second-order valence-electron chi connectivity index (χ2n) is 7.34. The first-order chi connectivity index (χ1) is 15.9. The van der Waals surface area contributed by atoms with Crippen LogP contribution < -0.4 is 14.2 Å². The maximum atomic E-state index is 13.3. The van der Waals surface area contributed by atoms with Crippen molar-refractivity contribution in [3.05, 3.63) is 51.5 Å². The van der Waals surface area contributed by atoms with Gasteiger partial charge in [-0.1, -0.05) is 23.2 Å². The quantitative estimate of drug-likeness (QED) is 0.527. The predicted molar refractivity (Wildman–Crippen MR) is 128 cm³/mol. The normalized spacial score (nSPS) is 13.6. The fourth-order valence-corrected chi connectivity index (χ4v) is 4.19. The summed E-state index contributed by atoms with van der Waals surface area (Å²) in [7, 11) is 0. The first-order valence-electron chi connectivity index (χ1n) is 11.0. The topological polar surface area (TPSA) is 68.3 Å². The molecule has 33 heavy (non-hydrogen) atoms.